The lowest BCUT2D eigenvalue weighted by atomic mass is 10.2. The van der Waals surface area contributed by atoms with Crippen LogP contribution in [0.3, 0.4) is 0 Å². The molecular weight excluding hydrogens is 304 g/mol. The number of rotatable bonds is 1. The van der Waals surface area contributed by atoms with E-state index in [9.17, 15) is 4.79 Å². The highest BCUT2D eigenvalue weighted by molar-refractivity contribution is 9.10. The first-order valence-electron chi connectivity index (χ1n) is 4.90. The second-order valence-electron chi connectivity index (χ2n) is 3.52. The summed E-state index contributed by atoms with van der Waals surface area (Å²) < 4.78 is 6.11. The zero-order valence-electron chi connectivity index (χ0n) is 8.57. The molecule has 0 fully saturated rings. The Hall–Kier alpha value is -1.40. The number of carbonyl (C=O) groups is 1. The molecule has 1 aromatic heterocycles. The highest BCUT2D eigenvalue weighted by atomic mass is 79.9. The third-order valence-electron chi connectivity index (χ3n) is 2.34. The van der Waals surface area contributed by atoms with Crippen molar-refractivity contribution in [2.45, 2.75) is 0 Å². The number of hydrogen-bond acceptors (Lipinski definition) is 4. The number of aromatic nitrogens is 1. The summed E-state index contributed by atoms with van der Waals surface area (Å²) >= 11 is 4.86. The van der Waals surface area contributed by atoms with Gasteiger partial charge in [0.25, 0.3) is 5.91 Å². The van der Waals surface area contributed by atoms with Gasteiger partial charge in [0.2, 0.25) is 0 Å². The van der Waals surface area contributed by atoms with E-state index in [2.05, 4.69) is 26.2 Å². The number of hydrogen-bond donors (Lipinski definition) is 1. The summed E-state index contributed by atoms with van der Waals surface area (Å²) in [4.78, 5) is 15.6. The molecule has 1 N–H and O–H groups in total. The average Bonchev–Trinajstić information content (AvgIpc) is 2.75. The van der Waals surface area contributed by atoms with Crippen molar-refractivity contribution in [3.63, 3.8) is 0 Å². The molecule has 0 saturated heterocycles. The number of carbonyl (C=O) groups excluding carboxylic acids is 1. The number of nitrogens with one attached hydrogen (secondary N) is 1. The van der Waals surface area contributed by atoms with Crippen molar-refractivity contribution in [1.82, 2.24) is 4.98 Å². The molecule has 0 radical (unpaired) electrons. The van der Waals surface area contributed by atoms with Gasteiger partial charge in [-0.25, -0.2) is 4.98 Å². The highest BCUT2D eigenvalue weighted by Gasteiger charge is 2.16. The molecule has 0 saturated carbocycles. The minimum atomic E-state index is -0.130. The Kier molecular flexibility index (Phi) is 2.60. The second-order valence-corrected chi connectivity index (χ2v) is 5.19. The number of benzene rings is 1. The maximum Gasteiger partial charge on any atom is 0.262 e. The Morgan fingerprint density at radius 1 is 1.47 bits per heavy atom. The van der Waals surface area contributed by atoms with Gasteiger partial charge < -0.3 is 10.1 Å². The lowest BCUT2D eigenvalue weighted by Crippen LogP contribution is -2.25. The fourth-order valence-corrected chi connectivity index (χ4v) is 2.85. The largest absolute Gasteiger partial charge is 0.482 e. The van der Waals surface area contributed by atoms with E-state index in [0.717, 1.165) is 15.2 Å². The van der Waals surface area contributed by atoms with Gasteiger partial charge in [0.15, 0.2) is 6.61 Å². The van der Waals surface area contributed by atoms with Gasteiger partial charge in [-0.2, -0.15) is 0 Å². The standard InChI is InChI=1S/C11H7BrN2O2S/c12-9-5-17-11(14-9)6-1-2-8-7(3-6)13-10(15)4-16-8/h1-3,5H,4H2,(H,13,15). The molecule has 0 spiro atoms. The first-order chi connectivity index (χ1) is 8.22. The highest BCUT2D eigenvalue weighted by Crippen LogP contribution is 2.34. The maximum absolute atomic E-state index is 11.2. The normalized spacial score (nSPS) is 13.8. The minimum absolute atomic E-state index is 0.0785. The van der Waals surface area contributed by atoms with Gasteiger partial charge in [-0.3, -0.25) is 4.79 Å². The molecule has 0 bridgehead atoms. The number of nitrogens with zero attached hydrogens (tertiary/aromatic N) is 1. The topological polar surface area (TPSA) is 51.2 Å². The van der Waals surface area contributed by atoms with E-state index < -0.39 is 0 Å². The van der Waals surface area contributed by atoms with Crippen molar-refractivity contribution in [3.8, 4) is 16.3 Å². The third-order valence-corrected chi connectivity index (χ3v) is 3.94. The van der Waals surface area contributed by atoms with E-state index in [0.29, 0.717) is 11.4 Å². The second kappa shape index (κ2) is 4.12. The van der Waals surface area contributed by atoms with Gasteiger partial charge in [0.05, 0.1) is 5.69 Å². The van der Waals surface area contributed by atoms with E-state index in [1.807, 2.05) is 23.6 Å². The molecule has 17 heavy (non-hydrogen) atoms. The van der Waals surface area contributed by atoms with Crippen LogP contribution in [0.5, 0.6) is 5.75 Å². The average molecular weight is 311 g/mol. The first-order valence-corrected chi connectivity index (χ1v) is 6.58. The number of anilines is 1. The van der Waals surface area contributed by atoms with Gasteiger partial charge in [-0.15, -0.1) is 11.3 Å². The summed E-state index contributed by atoms with van der Waals surface area (Å²) in [6, 6.07) is 5.65. The molecular formula is C11H7BrN2O2S. The summed E-state index contributed by atoms with van der Waals surface area (Å²) in [5.41, 5.74) is 1.66. The molecule has 2 aromatic rings. The third kappa shape index (κ3) is 2.05. The van der Waals surface area contributed by atoms with Crippen LogP contribution < -0.4 is 10.1 Å². The Morgan fingerprint density at radius 3 is 3.12 bits per heavy atom. The molecule has 0 aliphatic carbocycles. The summed E-state index contributed by atoms with van der Waals surface area (Å²) in [5.74, 6) is 0.568. The lowest BCUT2D eigenvalue weighted by Gasteiger charge is -2.18. The molecule has 0 atom stereocenters. The van der Waals surface area contributed by atoms with Crippen molar-refractivity contribution >= 4 is 38.9 Å². The van der Waals surface area contributed by atoms with Crippen LogP contribution in [0.15, 0.2) is 28.2 Å². The summed E-state index contributed by atoms with van der Waals surface area (Å²) in [5, 5.41) is 5.60. The molecule has 2 heterocycles. The van der Waals surface area contributed by atoms with E-state index >= 15 is 0 Å². The summed E-state index contributed by atoms with van der Waals surface area (Å²) in [6.45, 7) is 0.0785. The molecule has 1 aliphatic rings. The minimum Gasteiger partial charge on any atom is -0.482 e. The molecule has 4 nitrogen and oxygen atoms in total. The van der Waals surface area contributed by atoms with Crippen LogP contribution in [0.4, 0.5) is 5.69 Å². The molecule has 1 aromatic carbocycles. The number of amides is 1. The van der Waals surface area contributed by atoms with Crippen LogP contribution in [-0.4, -0.2) is 17.5 Å². The van der Waals surface area contributed by atoms with Gasteiger partial charge in [0, 0.05) is 10.9 Å². The van der Waals surface area contributed by atoms with E-state index in [1.54, 1.807) is 11.3 Å². The van der Waals surface area contributed by atoms with Gasteiger partial charge >= 0.3 is 0 Å². The molecule has 86 valence electrons. The first kappa shape index (κ1) is 10.7. The fraction of sp³-hybridized carbons (Fsp3) is 0.0909. The molecule has 3 rings (SSSR count). The van der Waals surface area contributed by atoms with Crippen LogP contribution in [-0.2, 0) is 4.79 Å². The summed E-state index contributed by atoms with van der Waals surface area (Å²) in [6.07, 6.45) is 0. The number of fused-ring (bicyclic) bond motifs is 1. The van der Waals surface area contributed by atoms with Crippen LogP contribution in [0, 0.1) is 0 Å². The molecule has 1 aliphatic heterocycles. The Labute approximate surface area is 110 Å². The zero-order valence-corrected chi connectivity index (χ0v) is 11.0. The number of ether oxygens (including phenoxy) is 1. The van der Waals surface area contributed by atoms with Crippen LogP contribution in [0.25, 0.3) is 10.6 Å². The quantitative estimate of drug-likeness (QED) is 0.881. The molecule has 6 heteroatoms. The molecule has 0 unspecified atom stereocenters. The predicted molar refractivity (Wildman–Crippen MR) is 69.4 cm³/mol. The smallest absolute Gasteiger partial charge is 0.262 e. The maximum atomic E-state index is 11.2. The van der Waals surface area contributed by atoms with Crippen molar-refractivity contribution in [2.24, 2.45) is 0 Å². The monoisotopic (exact) mass is 310 g/mol. The Balaban J connectivity index is 2.03. The van der Waals surface area contributed by atoms with E-state index in [1.165, 1.54) is 0 Å². The van der Waals surface area contributed by atoms with Crippen LogP contribution in [0.1, 0.15) is 0 Å². The predicted octanol–water partition coefficient (Wildman–Crippen LogP) is 2.90. The number of thiazole rings is 1. The van der Waals surface area contributed by atoms with E-state index in [-0.39, 0.29) is 12.5 Å². The zero-order chi connectivity index (χ0) is 11.8. The van der Waals surface area contributed by atoms with Gasteiger partial charge in [-0.1, -0.05) is 0 Å². The number of halogens is 1. The van der Waals surface area contributed by atoms with Crippen LogP contribution >= 0.6 is 27.3 Å². The lowest BCUT2D eigenvalue weighted by molar-refractivity contribution is -0.118. The SMILES string of the molecule is O=C1COc2ccc(-c3nc(Br)cs3)cc2N1. The van der Waals surface area contributed by atoms with E-state index in [4.69, 9.17) is 4.74 Å². The van der Waals surface area contributed by atoms with Crippen molar-refractivity contribution < 1.29 is 9.53 Å². The fourth-order valence-electron chi connectivity index (χ4n) is 1.60. The Bertz CT molecular complexity index is 597. The molecule has 1 amide bonds. The van der Waals surface area contributed by atoms with Crippen LogP contribution in [0.2, 0.25) is 0 Å². The van der Waals surface area contributed by atoms with Crippen molar-refractivity contribution in [1.29, 1.82) is 0 Å². The Morgan fingerprint density at radius 2 is 2.35 bits per heavy atom. The van der Waals surface area contributed by atoms with Gasteiger partial charge in [0.1, 0.15) is 15.4 Å². The van der Waals surface area contributed by atoms with Gasteiger partial charge in [-0.05, 0) is 34.1 Å². The summed E-state index contributed by atoms with van der Waals surface area (Å²) in [7, 11) is 0. The van der Waals surface area contributed by atoms with Crippen molar-refractivity contribution in [3.05, 3.63) is 28.2 Å². The van der Waals surface area contributed by atoms with Crippen molar-refractivity contribution in [2.75, 3.05) is 11.9 Å².